The van der Waals surface area contributed by atoms with Gasteiger partial charge in [0.05, 0.1) is 10.7 Å². The van der Waals surface area contributed by atoms with Crippen LogP contribution in [0, 0.1) is 0 Å². The molecule has 0 aromatic heterocycles. The molecule has 0 unspecified atom stereocenters. The number of piperazine rings is 1. The van der Waals surface area contributed by atoms with Gasteiger partial charge in [-0.3, -0.25) is 19.4 Å². The number of hydrogen-bond donors (Lipinski definition) is 1. The smallest absolute Gasteiger partial charge is 0.244 e. The van der Waals surface area contributed by atoms with Crippen LogP contribution in [0.15, 0.2) is 18.2 Å². The highest BCUT2D eigenvalue weighted by molar-refractivity contribution is 6.34. The molecule has 1 amide bonds. The molecule has 128 valence electrons. The third-order valence-corrected chi connectivity index (χ3v) is 5.83. The molecule has 1 saturated heterocycles. The molecular weight excluding hydrogens is 326 g/mol. The zero-order chi connectivity index (χ0) is 16.7. The van der Waals surface area contributed by atoms with Crippen molar-refractivity contribution in [1.82, 2.24) is 9.80 Å². The number of nitrogens with one attached hydrogen (secondary N) is 1. The molecule has 3 aliphatic rings. The van der Waals surface area contributed by atoms with E-state index in [-0.39, 0.29) is 11.4 Å². The van der Waals surface area contributed by atoms with Crippen molar-refractivity contribution in [1.29, 1.82) is 0 Å². The Hall–Kier alpha value is -1.43. The molecule has 0 bridgehead atoms. The lowest BCUT2D eigenvalue weighted by molar-refractivity contribution is -0.123. The highest BCUT2D eigenvalue weighted by atomic mass is 35.5. The van der Waals surface area contributed by atoms with Crippen LogP contribution in [0.5, 0.6) is 0 Å². The first kappa shape index (κ1) is 16.1. The number of rotatable bonds is 5. The Morgan fingerprint density at radius 3 is 2.50 bits per heavy atom. The van der Waals surface area contributed by atoms with Crippen LogP contribution >= 0.6 is 11.6 Å². The maximum atomic E-state index is 12.9. The molecule has 6 heteroatoms. The molecule has 5 nitrogen and oxygen atoms in total. The summed E-state index contributed by atoms with van der Waals surface area (Å²) < 4.78 is 0. The van der Waals surface area contributed by atoms with Gasteiger partial charge < -0.3 is 5.32 Å². The predicted molar refractivity (Wildman–Crippen MR) is 93.6 cm³/mol. The van der Waals surface area contributed by atoms with E-state index in [4.69, 9.17) is 11.6 Å². The van der Waals surface area contributed by atoms with Crippen LogP contribution in [0.3, 0.4) is 0 Å². The summed E-state index contributed by atoms with van der Waals surface area (Å²) in [5, 5.41) is 3.41. The van der Waals surface area contributed by atoms with E-state index in [1.807, 2.05) is 0 Å². The van der Waals surface area contributed by atoms with Crippen LogP contribution in [-0.2, 0) is 4.79 Å². The summed E-state index contributed by atoms with van der Waals surface area (Å²) in [5.41, 5.74) is 0.655. The number of nitrogens with zero attached hydrogens (tertiary/aromatic N) is 2. The third-order valence-electron chi connectivity index (χ3n) is 5.50. The van der Waals surface area contributed by atoms with Crippen molar-refractivity contribution in [3.63, 3.8) is 0 Å². The second-order valence-electron chi connectivity index (χ2n) is 7.10. The standard InChI is InChI=1S/C18H22ClN3O2/c19-15-4-1-13(12-23)11-16(15)20-17(24)18(5-6-18)22-9-7-21(8-10-22)14-2-3-14/h1,4,11-12,14H,2-3,5-10H2,(H,20,24). The number of hydrogen-bond acceptors (Lipinski definition) is 4. The van der Waals surface area contributed by atoms with Gasteiger partial charge in [0.15, 0.2) is 0 Å². The van der Waals surface area contributed by atoms with Crippen molar-refractivity contribution < 1.29 is 9.59 Å². The number of carbonyl (C=O) groups excluding carboxylic acids is 2. The largest absolute Gasteiger partial charge is 0.323 e. The number of aldehydes is 1. The number of benzene rings is 1. The first-order chi connectivity index (χ1) is 11.6. The summed E-state index contributed by atoms with van der Waals surface area (Å²) in [5.74, 6) is 0.00678. The molecule has 1 aliphatic heterocycles. The number of carbonyl (C=O) groups is 2. The van der Waals surface area contributed by atoms with Gasteiger partial charge in [-0.1, -0.05) is 17.7 Å². The van der Waals surface area contributed by atoms with E-state index < -0.39 is 0 Å². The van der Waals surface area contributed by atoms with Gasteiger partial charge in [0, 0.05) is 37.8 Å². The van der Waals surface area contributed by atoms with Crippen molar-refractivity contribution in [3.05, 3.63) is 28.8 Å². The lowest BCUT2D eigenvalue weighted by Crippen LogP contribution is -2.55. The predicted octanol–water partition coefficient (Wildman–Crippen LogP) is 2.40. The normalized spacial score (nSPS) is 23.7. The zero-order valence-electron chi connectivity index (χ0n) is 13.6. The van der Waals surface area contributed by atoms with E-state index in [9.17, 15) is 9.59 Å². The van der Waals surface area contributed by atoms with Gasteiger partial charge in [0.25, 0.3) is 0 Å². The molecule has 24 heavy (non-hydrogen) atoms. The quantitative estimate of drug-likeness (QED) is 0.831. The van der Waals surface area contributed by atoms with Crippen LogP contribution in [0.2, 0.25) is 5.02 Å². The summed E-state index contributed by atoms with van der Waals surface area (Å²) in [6, 6.07) is 5.72. The van der Waals surface area contributed by atoms with Crippen LogP contribution in [0.25, 0.3) is 0 Å². The molecule has 1 heterocycles. The molecule has 0 spiro atoms. The maximum Gasteiger partial charge on any atom is 0.244 e. The minimum Gasteiger partial charge on any atom is -0.323 e. The van der Waals surface area contributed by atoms with Crippen LogP contribution < -0.4 is 5.32 Å². The van der Waals surface area contributed by atoms with Crippen LogP contribution in [0.4, 0.5) is 5.69 Å². The summed E-state index contributed by atoms with van der Waals surface area (Å²) in [6.45, 7) is 4.01. The average Bonchev–Trinajstić information content (AvgIpc) is 3.50. The lowest BCUT2D eigenvalue weighted by Gasteiger charge is -2.39. The average molecular weight is 348 g/mol. The molecule has 2 saturated carbocycles. The fraction of sp³-hybridized carbons (Fsp3) is 0.556. The molecule has 1 aromatic carbocycles. The third kappa shape index (κ3) is 2.96. The second kappa shape index (κ2) is 6.14. The van der Waals surface area contributed by atoms with Gasteiger partial charge in [-0.2, -0.15) is 0 Å². The zero-order valence-corrected chi connectivity index (χ0v) is 14.4. The fourth-order valence-corrected chi connectivity index (χ4v) is 3.88. The molecule has 4 rings (SSSR count). The van der Waals surface area contributed by atoms with E-state index in [2.05, 4.69) is 15.1 Å². The molecular formula is C18H22ClN3O2. The molecule has 0 atom stereocenters. The van der Waals surface area contributed by atoms with E-state index in [0.29, 0.717) is 16.3 Å². The van der Waals surface area contributed by atoms with Crippen molar-refractivity contribution in [2.75, 3.05) is 31.5 Å². The number of amides is 1. The topological polar surface area (TPSA) is 52.7 Å². The Morgan fingerprint density at radius 1 is 1.21 bits per heavy atom. The maximum absolute atomic E-state index is 12.9. The van der Waals surface area contributed by atoms with E-state index in [1.54, 1.807) is 18.2 Å². The molecule has 1 aromatic rings. The second-order valence-corrected chi connectivity index (χ2v) is 7.50. The van der Waals surface area contributed by atoms with Gasteiger partial charge in [-0.15, -0.1) is 0 Å². The first-order valence-electron chi connectivity index (χ1n) is 8.68. The number of anilines is 1. The Labute approximate surface area is 146 Å². The minimum absolute atomic E-state index is 0.00678. The van der Waals surface area contributed by atoms with Crippen molar-refractivity contribution >= 4 is 29.5 Å². The molecule has 2 aliphatic carbocycles. The van der Waals surface area contributed by atoms with Crippen molar-refractivity contribution in [2.45, 2.75) is 37.3 Å². The molecule has 0 radical (unpaired) electrons. The van der Waals surface area contributed by atoms with E-state index >= 15 is 0 Å². The molecule has 3 fully saturated rings. The SMILES string of the molecule is O=Cc1ccc(Cl)c(NC(=O)C2(N3CCN(C4CC4)CC3)CC2)c1. The van der Waals surface area contributed by atoms with Crippen molar-refractivity contribution in [2.24, 2.45) is 0 Å². The van der Waals surface area contributed by atoms with Gasteiger partial charge in [-0.25, -0.2) is 0 Å². The van der Waals surface area contributed by atoms with Gasteiger partial charge in [0.1, 0.15) is 11.8 Å². The fourth-order valence-electron chi connectivity index (χ4n) is 3.71. The minimum atomic E-state index is -0.379. The Balaban J connectivity index is 1.43. The summed E-state index contributed by atoms with van der Waals surface area (Å²) in [4.78, 5) is 28.7. The van der Waals surface area contributed by atoms with Gasteiger partial charge in [-0.05, 0) is 37.8 Å². The highest BCUT2D eigenvalue weighted by Crippen LogP contribution is 2.44. The van der Waals surface area contributed by atoms with E-state index in [0.717, 1.165) is 51.3 Å². The molecule has 1 N–H and O–H groups in total. The summed E-state index contributed by atoms with van der Waals surface area (Å²) >= 11 is 6.16. The summed E-state index contributed by atoms with van der Waals surface area (Å²) in [6.07, 6.45) is 5.21. The van der Waals surface area contributed by atoms with Crippen LogP contribution in [0.1, 0.15) is 36.0 Å². The van der Waals surface area contributed by atoms with Crippen LogP contribution in [-0.4, -0.2) is 59.8 Å². The van der Waals surface area contributed by atoms with Gasteiger partial charge in [0.2, 0.25) is 5.91 Å². The van der Waals surface area contributed by atoms with Crippen molar-refractivity contribution in [3.8, 4) is 0 Å². The Morgan fingerprint density at radius 2 is 1.92 bits per heavy atom. The first-order valence-corrected chi connectivity index (χ1v) is 9.05. The van der Waals surface area contributed by atoms with Gasteiger partial charge >= 0.3 is 0 Å². The highest BCUT2D eigenvalue weighted by Gasteiger charge is 2.55. The Kier molecular flexibility index (Phi) is 4.11. The monoisotopic (exact) mass is 347 g/mol. The summed E-state index contributed by atoms with van der Waals surface area (Å²) in [7, 11) is 0. The number of halogens is 1. The van der Waals surface area contributed by atoms with E-state index in [1.165, 1.54) is 12.8 Å². The Bertz CT molecular complexity index is 662. The lowest BCUT2D eigenvalue weighted by atomic mass is 10.1.